The highest BCUT2D eigenvalue weighted by Crippen LogP contribution is 1.94. The zero-order valence-electron chi connectivity index (χ0n) is 17.4. The first-order chi connectivity index (χ1) is 13.4. The van der Waals surface area contributed by atoms with Gasteiger partial charge in [0.05, 0.1) is 72.7 Å². The van der Waals surface area contributed by atoms with E-state index < -0.39 is 0 Å². The molecule has 0 atom stereocenters. The van der Waals surface area contributed by atoms with Crippen LogP contribution in [0, 0.1) is 0 Å². The van der Waals surface area contributed by atoms with E-state index in [0.29, 0.717) is 59.5 Å². The van der Waals surface area contributed by atoms with Gasteiger partial charge in [-0.15, -0.1) is 0 Å². The lowest BCUT2D eigenvalue weighted by Gasteiger charge is -2.23. The zero-order chi connectivity index (χ0) is 19.4. The van der Waals surface area contributed by atoms with Gasteiger partial charge in [-0.25, -0.2) is 0 Å². The first-order valence-electron chi connectivity index (χ1n) is 10.2. The molecule has 8 nitrogen and oxygen atoms in total. The SMILES string of the molecule is CCN1CCOCCOCCN(CCOCCOC)CCOCCOCC1. The van der Waals surface area contributed by atoms with Crippen molar-refractivity contribution in [1.82, 2.24) is 9.80 Å². The number of likely N-dealkylation sites (N-methyl/N-ethyl adjacent to an activating group) is 1. The summed E-state index contributed by atoms with van der Waals surface area (Å²) < 4.78 is 33.3. The van der Waals surface area contributed by atoms with E-state index in [0.717, 1.165) is 52.5 Å². The fourth-order valence-electron chi connectivity index (χ4n) is 2.62. The first kappa shape index (κ1) is 24.7. The molecular weight excluding hydrogens is 352 g/mol. The van der Waals surface area contributed by atoms with E-state index >= 15 is 0 Å². The van der Waals surface area contributed by atoms with Crippen LogP contribution in [0.2, 0.25) is 0 Å². The van der Waals surface area contributed by atoms with E-state index in [9.17, 15) is 0 Å². The molecule has 0 bridgehead atoms. The van der Waals surface area contributed by atoms with Crippen LogP contribution in [0.15, 0.2) is 0 Å². The fourth-order valence-corrected chi connectivity index (χ4v) is 2.62. The van der Waals surface area contributed by atoms with Crippen LogP contribution in [0.1, 0.15) is 6.92 Å². The third-order valence-electron chi connectivity index (χ3n) is 4.38. The summed E-state index contributed by atoms with van der Waals surface area (Å²) in [5, 5.41) is 0. The second-order valence-corrected chi connectivity index (χ2v) is 6.33. The van der Waals surface area contributed by atoms with Crippen LogP contribution in [0.4, 0.5) is 0 Å². The highest BCUT2D eigenvalue weighted by atomic mass is 16.5. The van der Waals surface area contributed by atoms with Gasteiger partial charge in [0, 0.05) is 39.8 Å². The molecule has 0 spiro atoms. The molecule has 0 aliphatic carbocycles. The van der Waals surface area contributed by atoms with E-state index in [1.54, 1.807) is 7.11 Å². The molecule has 0 amide bonds. The van der Waals surface area contributed by atoms with E-state index in [4.69, 9.17) is 28.4 Å². The van der Waals surface area contributed by atoms with Gasteiger partial charge >= 0.3 is 0 Å². The third-order valence-corrected chi connectivity index (χ3v) is 4.38. The van der Waals surface area contributed by atoms with Gasteiger partial charge in [-0.3, -0.25) is 9.80 Å². The van der Waals surface area contributed by atoms with Crippen LogP contribution < -0.4 is 0 Å². The van der Waals surface area contributed by atoms with Crippen LogP contribution in [0.5, 0.6) is 0 Å². The summed E-state index contributed by atoms with van der Waals surface area (Å²) in [5.74, 6) is 0. The van der Waals surface area contributed by atoms with Gasteiger partial charge in [0.25, 0.3) is 0 Å². The summed E-state index contributed by atoms with van der Waals surface area (Å²) in [7, 11) is 1.68. The summed E-state index contributed by atoms with van der Waals surface area (Å²) in [6, 6.07) is 0. The van der Waals surface area contributed by atoms with Crippen molar-refractivity contribution >= 4 is 0 Å². The number of hydrogen-bond acceptors (Lipinski definition) is 8. The van der Waals surface area contributed by atoms with Crippen molar-refractivity contribution in [3.8, 4) is 0 Å². The molecule has 1 fully saturated rings. The van der Waals surface area contributed by atoms with Crippen LogP contribution >= 0.6 is 0 Å². The van der Waals surface area contributed by atoms with Crippen molar-refractivity contribution in [2.75, 3.05) is 119 Å². The predicted molar refractivity (Wildman–Crippen MR) is 105 cm³/mol. The van der Waals surface area contributed by atoms with Crippen molar-refractivity contribution in [1.29, 1.82) is 0 Å². The first-order valence-corrected chi connectivity index (χ1v) is 10.2. The van der Waals surface area contributed by atoms with Gasteiger partial charge in [0.1, 0.15) is 0 Å². The van der Waals surface area contributed by atoms with Gasteiger partial charge in [-0.05, 0) is 6.54 Å². The maximum Gasteiger partial charge on any atom is 0.0701 e. The Balaban J connectivity index is 2.27. The Morgan fingerprint density at radius 3 is 1.56 bits per heavy atom. The molecule has 0 saturated carbocycles. The summed E-state index contributed by atoms with van der Waals surface area (Å²) in [4.78, 5) is 4.63. The predicted octanol–water partition coefficient (Wildman–Crippen LogP) is 0.353. The quantitative estimate of drug-likeness (QED) is 0.576. The average molecular weight is 393 g/mol. The molecule has 1 heterocycles. The maximum absolute atomic E-state index is 5.71. The Morgan fingerprint density at radius 2 is 1.11 bits per heavy atom. The number of ether oxygens (including phenoxy) is 6. The Morgan fingerprint density at radius 1 is 0.630 bits per heavy atom. The number of methoxy groups -OCH3 is 1. The molecule has 0 aromatic heterocycles. The van der Waals surface area contributed by atoms with Gasteiger partial charge in [0.15, 0.2) is 0 Å². The smallest absolute Gasteiger partial charge is 0.0701 e. The summed E-state index contributed by atoms with van der Waals surface area (Å²) in [6.07, 6.45) is 0. The van der Waals surface area contributed by atoms with Crippen LogP contribution in [-0.2, 0) is 28.4 Å². The van der Waals surface area contributed by atoms with Crippen LogP contribution in [0.3, 0.4) is 0 Å². The number of hydrogen-bond donors (Lipinski definition) is 0. The molecular formula is C19H40N2O6. The van der Waals surface area contributed by atoms with Gasteiger partial charge < -0.3 is 28.4 Å². The van der Waals surface area contributed by atoms with Gasteiger partial charge in [0.2, 0.25) is 0 Å². The minimum absolute atomic E-state index is 0.626. The highest BCUT2D eigenvalue weighted by molar-refractivity contribution is 4.58. The largest absolute Gasteiger partial charge is 0.382 e. The normalized spacial score (nSPS) is 21.6. The lowest BCUT2D eigenvalue weighted by molar-refractivity contribution is 0.00274. The van der Waals surface area contributed by atoms with E-state index in [-0.39, 0.29) is 0 Å². The number of nitrogens with zero attached hydrogens (tertiary/aromatic N) is 2. The summed E-state index contributed by atoms with van der Waals surface area (Å²) in [6.45, 7) is 14.9. The van der Waals surface area contributed by atoms with Gasteiger partial charge in [-0.2, -0.15) is 0 Å². The molecule has 0 aromatic rings. The lowest BCUT2D eigenvalue weighted by Crippen LogP contribution is -2.35. The average Bonchev–Trinajstić information content (AvgIpc) is 2.68. The van der Waals surface area contributed by atoms with E-state index in [1.807, 2.05) is 0 Å². The van der Waals surface area contributed by atoms with Crippen LogP contribution in [0.25, 0.3) is 0 Å². The number of rotatable bonds is 7. The molecule has 0 aromatic carbocycles. The van der Waals surface area contributed by atoms with Crippen molar-refractivity contribution in [2.45, 2.75) is 6.92 Å². The zero-order valence-corrected chi connectivity index (χ0v) is 17.4. The van der Waals surface area contributed by atoms with E-state index in [2.05, 4.69) is 16.7 Å². The molecule has 1 aliphatic heterocycles. The molecule has 0 radical (unpaired) electrons. The van der Waals surface area contributed by atoms with E-state index in [1.165, 1.54) is 0 Å². The van der Waals surface area contributed by atoms with Crippen molar-refractivity contribution in [3.63, 3.8) is 0 Å². The third kappa shape index (κ3) is 15.3. The highest BCUT2D eigenvalue weighted by Gasteiger charge is 2.06. The Labute approximate surface area is 165 Å². The topological polar surface area (TPSA) is 61.9 Å². The van der Waals surface area contributed by atoms with Gasteiger partial charge in [-0.1, -0.05) is 6.92 Å². The maximum atomic E-state index is 5.71. The lowest BCUT2D eigenvalue weighted by atomic mass is 10.4. The fraction of sp³-hybridized carbons (Fsp3) is 1.00. The second kappa shape index (κ2) is 19.0. The molecule has 8 heteroatoms. The van der Waals surface area contributed by atoms with Crippen molar-refractivity contribution in [2.24, 2.45) is 0 Å². The van der Waals surface area contributed by atoms with Crippen molar-refractivity contribution in [3.05, 3.63) is 0 Å². The van der Waals surface area contributed by atoms with Crippen molar-refractivity contribution < 1.29 is 28.4 Å². The minimum Gasteiger partial charge on any atom is -0.382 e. The summed E-state index contributed by atoms with van der Waals surface area (Å²) >= 11 is 0. The summed E-state index contributed by atoms with van der Waals surface area (Å²) in [5.41, 5.74) is 0. The second-order valence-electron chi connectivity index (χ2n) is 6.33. The molecule has 0 unspecified atom stereocenters. The standard InChI is InChI=1S/C19H40N2O6/c1-3-20-4-9-24-16-18-26-12-7-21(6-11-23-15-14-22-2)8-13-27-19-17-25-10-5-20/h3-19H2,1-2H3. The minimum atomic E-state index is 0.626. The Bertz CT molecular complexity index is 292. The molecule has 1 rings (SSSR count). The molecule has 0 N–H and O–H groups in total. The Hall–Kier alpha value is -0.320. The molecule has 27 heavy (non-hydrogen) atoms. The monoisotopic (exact) mass is 392 g/mol. The molecule has 1 aliphatic rings. The molecule has 1 saturated heterocycles. The Kier molecular flexibility index (Phi) is 17.4. The van der Waals surface area contributed by atoms with Crippen LogP contribution in [-0.4, -0.2) is 129 Å². The molecule has 162 valence electrons.